The van der Waals surface area contributed by atoms with Gasteiger partial charge in [0.05, 0.1) is 18.3 Å². The van der Waals surface area contributed by atoms with Gasteiger partial charge in [-0.25, -0.2) is 0 Å². The zero-order chi connectivity index (χ0) is 10.5. The Kier molecular flexibility index (Phi) is 2.04. The van der Waals surface area contributed by atoms with Crippen LogP contribution in [0.15, 0.2) is 0 Å². The van der Waals surface area contributed by atoms with E-state index in [0.717, 1.165) is 38.8 Å². The van der Waals surface area contributed by atoms with Gasteiger partial charge in [-0.1, -0.05) is 0 Å². The van der Waals surface area contributed by atoms with Gasteiger partial charge >= 0.3 is 0 Å². The number of hydrogen-bond donors (Lipinski definition) is 1. The average molecular weight is 210 g/mol. The molecule has 3 aliphatic rings. The predicted octanol–water partition coefficient (Wildman–Crippen LogP) is 0.476. The maximum atomic E-state index is 12.1. The maximum Gasteiger partial charge on any atom is 0.244 e. The van der Waals surface area contributed by atoms with Gasteiger partial charge in [0.2, 0.25) is 5.91 Å². The molecule has 1 amide bonds. The highest BCUT2D eigenvalue weighted by molar-refractivity contribution is 5.91. The average Bonchev–Trinajstić information content (AvgIpc) is 2.76. The van der Waals surface area contributed by atoms with E-state index in [9.17, 15) is 4.79 Å². The second-order valence-corrected chi connectivity index (χ2v) is 5.02. The third kappa shape index (κ3) is 1.39. The van der Waals surface area contributed by atoms with E-state index in [1.165, 1.54) is 0 Å². The summed E-state index contributed by atoms with van der Waals surface area (Å²) in [6.45, 7) is 0.750. The lowest BCUT2D eigenvalue weighted by Gasteiger charge is -2.23. The van der Waals surface area contributed by atoms with Crippen molar-refractivity contribution in [2.24, 2.45) is 0 Å². The van der Waals surface area contributed by atoms with Crippen LogP contribution in [0.5, 0.6) is 0 Å². The van der Waals surface area contributed by atoms with Crippen LogP contribution in [0.2, 0.25) is 0 Å². The first-order chi connectivity index (χ1) is 7.25. The molecule has 2 unspecified atom stereocenters. The van der Waals surface area contributed by atoms with Gasteiger partial charge in [0.15, 0.2) is 0 Å². The molecule has 15 heavy (non-hydrogen) atoms. The Morgan fingerprint density at radius 3 is 2.80 bits per heavy atom. The SMILES string of the molecule is COC1CCC(N2CNC3(CC3)C2=O)C1. The number of amides is 1. The molecule has 0 bridgehead atoms. The van der Waals surface area contributed by atoms with Crippen molar-refractivity contribution in [2.75, 3.05) is 13.8 Å². The van der Waals surface area contributed by atoms with Gasteiger partial charge in [0.25, 0.3) is 0 Å². The van der Waals surface area contributed by atoms with Crippen molar-refractivity contribution in [3.63, 3.8) is 0 Å². The number of nitrogens with zero attached hydrogens (tertiary/aromatic N) is 1. The molecule has 2 saturated carbocycles. The Balaban J connectivity index is 1.66. The third-order valence-corrected chi connectivity index (χ3v) is 4.14. The predicted molar refractivity (Wildman–Crippen MR) is 55.2 cm³/mol. The van der Waals surface area contributed by atoms with Crippen molar-refractivity contribution >= 4 is 5.91 Å². The Bertz CT molecular complexity index is 288. The van der Waals surface area contributed by atoms with E-state index in [2.05, 4.69) is 5.32 Å². The fourth-order valence-electron chi connectivity index (χ4n) is 2.88. The van der Waals surface area contributed by atoms with E-state index in [1.54, 1.807) is 7.11 Å². The molecule has 4 heteroatoms. The fraction of sp³-hybridized carbons (Fsp3) is 0.909. The molecule has 4 nitrogen and oxygen atoms in total. The second-order valence-electron chi connectivity index (χ2n) is 5.02. The number of methoxy groups -OCH3 is 1. The Morgan fingerprint density at radius 2 is 2.27 bits per heavy atom. The lowest BCUT2D eigenvalue weighted by Crippen LogP contribution is -2.38. The summed E-state index contributed by atoms with van der Waals surface area (Å²) in [6.07, 6.45) is 5.63. The molecule has 1 saturated heterocycles. The molecule has 1 aliphatic heterocycles. The third-order valence-electron chi connectivity index (χ3n) is 4.14. The van der Waals surface area contributed by atoms with Crippen LogP contribution in [-0.2, 0) is 9.53 Å². The number of carbonyl (C=O) groups excluding carboxylic acids is 1. The van der Waals surface area contributed by atoms with Crippen LogP contribution >= 0.6 is 0 Å². The minimum Gasteiger partial charge on any atom is -0.381 e. The second kappa shape index (κ2) is 3.19. The molecular weight excluding hydrogens is 192 g/mol. The van der Waals surface area contributed by atoms with Gasteiger partial charge in [0.1, 0.15) is 0 Å². The van der Waals surface area contributed by atoms with Crippen molar-refractivity contribution in [3.8, 4) is 0 Å². The molecule has 2 aliphatic carbocycles. The smallest absolute Gasteiger partial charge is 0.244 e. The van der Waals surface area contributed by atoms with Crippen LogP contribution < -0.4 is 5.32 Å². The lowest BCUT2D eigenvalue weighted by atomic mass is 10.2. The monoisotopic (exact) mass is 210 g/mol. The van der Waals surface area contributed by atoms with Crippen LogP contribution in [0.3, 0.4) is 0 Å². The quantitative estimate of drug-likeness (QED) is 0.720. The van der Waals surface area contributed by atoms with Gasteiger partial charge < -0.3 is 9.64 Å². The van der Waals surface area contributed by atoms with Crippen LogP contribution in [0.4, 0.5) is 0 Å². The first-order valence-corrected chi connectivity index (χ1v) is 5.84. The molecule has 3 fully saturated rings. The van der Waals surface area contributed by atoms with Crippen molar-refractivity contribution in [1.82, 2.24) is 10.2 Å². The summed E-state index contributed by atoms with van der Waals surface area (Å²) >= 11 is 0. The molecule has 1 N–H and O–H groups in total. The van der Waals surface area contributed by atoms with Gasteiger partial charge in [0, 0.05) is 13.2 Å². The number of nitrogens with one attached hydrogen (secondary N) is 1. The molecule has 0 aromatic rings. The molecular formula is C11H18N2O2. The molecule has 2 atom stereocenters. The summed E-state index contributed by atoms with van der Waals surface area (Å²) in [5.74, 6) is 0.337. The van der Waals surface area contributed by atoms with Gasteiger partial charge in [-0.2, -0.15) is 0 Å². The Labute approximate surface area is 90.0 Å². The Hall–Kier alpha value is -0.610. The van der Waals surface area contributed by atoms with Crippen LogP contribution in [0.1, 0.15) is 32.1 Å². The highest BCUT2D eigenvalue weighted by atomic mass is 16.5. The normalized spacial score (nSPS) is 37.9. The van der Waals surface area contributed by atoms with Gasteiger partial charge in [-0.15, -0.1) is 0 Å². The van der Waals surface area contributed by atoms with E-state index in [-0.39, 0.29) is 5.54 Å². The van der Waals surface area contributed by atoms with Gasteiger partial charge in [-0.3, -0.25) is 10.1 Å². The molecule has 84 valence electrons. The first-order valence-electron chi connectivity index (χ1n) is 5.84. The van der Waals surface area contributed by atoms with Crippen LogP contribution in [0.25, 0.3) is 0 Å². The van der Waals surface area contributed by atoms with Crippen molar-refractivity contribution < 1.29 is 9.53 Å². The van der Waals surface area contributed by atoms with E-state index in [0.29, 0.717) is 18.1 Å². The van der Waals surface area contributed by atoms with E-state index in [4.69, 9.17) is 4.74 Å². The number of ether oxygens (including phenoxy) is 1. The van der Waals surface area contributed by atoms with E-state index in [1.807, 2.05) is 4.90 Å². The molecule has 3 rings (SSSR count). The van der Waals surface area contributed by atoms with E-state index >= 15 is 0 Å². The topological polar surface area (TPSA) is 41.6 Å². The summed E-state index contributed by atoms with van der Waals surface area (Å²) in [4.78, 5) is 14.1. The highest BCUT2D eigenvalue weighted by Crippen LogP contribution is 2.42. The standard InChI is InChI=1S/C11H18N2O2/c1-15-9-3-2-8(6-9)13-7-12-11(4-5-11)10(13)14/h8-9,12H,2-7H2,1H3. The summed E-state index contributed by atoms with van der Waals surface area (Å²) < 4.78 is 5.35. The van der Waals surface area contributed by atoms with Crippen molar-refractivity contribution in [1.29, 1.82) is 0 Å². The minimum atomic E-state index is -0.134. The number of hydrogen-bond acceptors (Lipinski definition) is 3. The highest BCUT2D eigenvalue weighted by Gasteiger charge is 2.57. The lowest BCUT2D eigenvalue weighted by molar-refractivity contribution is -0.131. The fourth-order valence-corrected chi connectivity index (χ4v) is 2.88. The van der Waals surface area contributed by atoms with Crippen LogP contribution in [0, 0.1) is 0 Å². The number of carbonyl (C=O) groups is 1. The minimum absolute atomic E-state index is 0.134. The first kappa shape index (κ1) is 9.60. The summed E-state index contributed by atoms with van der Waals surface area (Å²) in [6, 6.07) is 0.412. The van der Waals surface area contributed by atoms with Gasteiger partial charge in [-0.05, 0) is 32.1 Å². The summed E-state index contributed by atoms with van der Waals surface area (Å²) in [5.41, 5.74) is -0.134. The zero-order valence-corrected chi connectivity index (χ0v) is 9.16. The maximum absolute atomic E-state index is 12.1. The summed E-state index contributed by atoms with van der Waals surface area (Å²) in [5, 5.41) is 3.35. The number of rotatable bonds is 2. The molecule has 0 aromatic carbocycles. The van der Waals surface area contributed by atoms with Crippen molar-refractivity contribution in [3.05, 3.63) is 0 Å². The molecule has 0 radical (unpaired) electrons. The molecule has 1 spiro atoms. The summed E-state index contributed by atoms with van der Waals surface area (Å²) in [7, 11) is 1.76. The molecule has 0 aromatic heterocycles. The largest absolute Gasteiger partial charge is 0.381 e. The zero-order valence-electron chi connectivity index (χ0n) is 9.16. The molecule has 1 heterocycles. The Morgan fingerprint density at radius 1 is 1.47 bits per heavy atom. The van der Waals surface area contributed by atoms with Crippen LogP contribution in [-0.4, -0.2) is 42.3 Å². The van der Waals surface area contributed by atoms with Crippen molar-refractivity contribution in [2.45, 2.75) is 49.8 Å². The van der Waals surface area contributed by atoms with E-state index < -0.39 is 0 Å².